The van der Waals surface area contributed by atoms with Crippen molar-refractivity contribution in [2.45, 2.75) is 44.1 Å². The predicted octanol–water partition coefficient (Wildman–Crippen LogP) is 5.77. The maximum atomic E-state index is 13.9. The van der Waals surface area contributed by atoms with E-state index in [4.69, 9.17) is 44.3 Å². The minimum atomic E-state index is -0.274. The third-order valence-electron chi connectivity index (χ3n) is 8.29. The Morgan fingerprint density at radius 2 is 1.62 bits per heavy atom. The lowest BCUT2D eigenvalue weighted by Gasteiger charge is -2.39. The average Bonchev–Trinajstić information content (AvgIpc) is 3.47. The molecule has 6 nitrogen and oxygen atoms in total. The van der Waals surface area contributed by atoms with Crippen molar-refractivity contribution in [3.63, 3.8) is 0 Å². The van der Waals surface area contributed by atoms with Crippen LogP contribution in [0.1, 0.15) is 42.7 Å². The second kappa shape index (κ2) is 13.9. The molecule has 1 amide bonds. The third kappa shape index (κ3) is 7.60. The number of benzene rings is 2. The molecule has 0 bridgehead atoms. The molecule has 0 unspecified atom stereocenters. The van der Waals surface area contributed by atoms with Gasteiger partial charge in [0.1, 0.15) is 12.4 Å². The highest BCUT2D eigenvalue weighted by Crippen LogP contribution is 2.36. The van der Waals surface area contributed by atoms with Crippen LogP contribution in [0.5, 0.6) is 5.75 Å². The van der Waals surface area contributed by atoms with Crippen molar-refractivity contribution in [2.24, 2.45) is 0 Å². The van der Waals surface area contributed by atoms with Gasteiger partial charge in [0, 0.05) is 47.8 Å². The highest BCUT2D eigenvalue weighted by atomic mass is 35.5. The number of nitrogens with zero attached hydrogens (tertiary/aromatic N) is 3. The van der Waals surface area contributed by atoms with Gasteiger partial charge in [0.15, 0.2) is 0 Å². The van der Waals surface area contributed by atoms with Gasteiger partial charge in [-0.2, -0.15) is 0 Å². The van der Waals surface area contributed by atoms with Crippen molar-refractivity contribution in [3.05, 3.63) is 62.6 Å². The highest BCUT2D eigenvalue weighted by Gasteiger charge is 2.34. The number of amides is 1. The fraction of sp³-hybridized carbons (Fsp3) is 0.567. The van der Waals surface area contributed by atoms with Gasteiger partial charge in [-0.05, 0) is 86.5 Å². The van der Waals surface area contributed by atoms with Crippen molar-refractivity contribution in [1.29, 1.82) is 0 Å². The molecule has 0 saturated carbocycles. The lowest BCUT2D eigenvalue weighted by Crippen LogP contribution is -2.54. The topological polar surface area (TPSA) is 45.3 Å². The van der Waals surface area contributed by atoms with E-state index in [0.717, 1.165) is 56.9 Å². The number of carbonyl (C=O) groups excluding carboxylic acids is 1. The van der Waals surface area contributed by atoms with E-state index in [1.54, 1.807) is 6.07 Å². The first-order valence-electron chi connectivity index (χ1n) is 14.2. The van der Waals surface area contributed by atoms with Gasteiger partial charge in [-0.3, -0.25) is 14.6 Å². The molecule has 0 aromatic heterocycles. The Morgan fingerprint density at radius 3 is 2.33 bits per heavy atom. The zero-order chi connectivity index (χ0) is 27.2. The van der Waals surface area contributed by atoms with Crippen LogP contribution in [0.4, 0.5) is 0 Å². The van der Waals surface area contributed by atoms with E-state index < -0.39 is 0 Å². The summed E-state index contributed by atoms with van der Waals surface area (Å²) < 4.78 is 11.8. The molecule has 2 aromatic carbocycles. The Morgan fingerprint density at radius 1 is 0.923 bits per heavy atom. The van der Waals surface area contributed by atoms with E-state index in [2.05, 4.69) is 15.9 Å². The van der Waals surface area contributed by atoms with Crippen molar-refractivity contribution in [2.75, 3.05) is 65.6 Å². The summed E-state index contributed by atoms with van der Waals surface area (Å²) in [4.78, 5) is 20.7. The molecule has 1 atom stereocenters. The van der Waals surface area contributed by atoms with Crippen molar-refractivity contribution < 1.29 is 14.3 Å². The van der Waals surface area contributed by atoms with Gasteiger partial charge in [-0.1, -0.05) is 46.9 Å². The lowest BCUT2D eigenvalue weighted by molar-refractivity contribution is -0.139. The van der Waals surface area contributed by atoms with E-state index in [0.29, 0.717) is 60.3 Å². The molecular weight excluding hydrogens is 557 g/mol. The van der Waals surface area contributed by atoms with E-state index in [9.17, 15) is 4.79 Å². The molecule has 9 heteroatoms. The number of carbonyl (C=O) groups is 1. The number of morpholine rings is 1. The maximum absolute atomic E-state index is 13.9. The van der Waals surface area contributed by atoms with E-state index in [-0.39, 0.29) is 11.9 Å². The molecule has 3 saturated heterocycles. The van der Waals surface area contributed by atoms with Crippen LogP contribution in [0.25, 0.3) is 0 Å². The molecule has 3 aliphatic rings. The number of hydrogen-bond acceptors (Lipinski definition) is 5. The predicted molar refractivity (Wildman–Crippen MR) is 158 cm³/mol. The van der Waals surface area contributed by atoms with Gasteiger partial charge in [0.05, 0.1) is 19.3 Å². The Kier molecular flexibility index (Phi) is 10.3. The number of piperidine rings is 1. The minimum absolute atomic E-state index is 0.166. The zero-order valence-electron chi connectivity index (χ0n) is 22.4. The second-order valence-corrected chi connectivity index (χ2v) is 12.1. The zero-order valence-corrected chi connectivity index (χ0v) is 24.7. The Bertz CT molecular complexity index is 1110. The van der Waals surface area contributed by atoms with Gasteiger partial charge in [0.25, 0.3) is 0 Å². The summed E-state index contributed by atoms with van der Waals surface area (Å²) in [6.45, 7) is 8.11. The van der Waals surface area contributed by atoms with Gasteiger partial charge in [0.2, 0.25) is 5.91 Å². The van der Waals surface area contributed by atoms with Crippen LogP contribution in [0, 0.1) is 0 Å². The van der Waals surface area contributed by atoms with Crippen molar-refractivity contribution >= 4 is 40.7 Å². The smallest absolute Gasteiger partial charge is 0.240 e. The second-order valence-electron chi connectivity index (χ2n) is 10.8. The molecule has 0 radical (unpaired) electrons. The van der Waals surface area contributed by atoms with Crippen LogP contribution in [0.15, 0.2) is 36.4 Å². The Balaban J connectivity index is 1.23. The van der Waals surface area contributed by atoms with Crippen LogP contribution in [0.3, 0.4) is 0 Å². The molecule has 5 rings (SSSR count). The molecule has 212 valence electrons. The van der Waals surface area contributed by atoms with Crippen LogP contribution < -0.4 is 4.74 Å². The minimum Gasteiger partial charge on any atom is -0.492 e. The Labute approximate surface area is 247 Å². The summed E-state index contributed by atoms with van der Waals surface area (Å²) in [5.41, 5.74) is 2.14. The Hall–Kier alpha value is -1.54. The summed E-state index contributed by atoms with van der Waals surface area (Å²) in [6, 6.07) is 11.3. The number of ether oxygens (including phenoxy) is 2. The normalized spacial score (nSPS) is 20.3. The molecule has 3 aliphatic heterocycles. The van der Waals surface area contributed by atoms with E-state index in [1.165, 1.54) is 18.4 Å². The number of hydrogen-bond donors (Lipinski definition) is 0. The lowest BCUT2D eigenvalue weighted by atomic mass is 9.88. The summed E-state index contributed by atoms with van der Waals surface area (Å²) in [5, 5.41) is 1.89. The first-order chi connectivity index (χ1) is 19.0. The van der Waals surface area contributed by atoms with Crippen molar-refractivity contribution in [1.82, 2.24) is 14.7 Å². The summed E-state index contributed by atoms with van der Waals surface area (Å²) in [5.74, 6) is 1.38. The van der Waals surface area contributed by atoms with Gasteiger partial charge >= 0.3 is 0 Å². The number of halogens is 3. The van der Waals surface area contributed by atoms with Crippen LogP contribution in [-0.4, -0.2) is 92.3 Å². The first kappa shape index (κ1) is 29.0. The fourth-order valence-corrected chi connectivity index (χ4v) is 6.69. The molecule has 2 aromatic rings. The van der Waals surface area contributed by atoms with Crippen LogP contribution >= 0.6 is 34.8 Å². The van der Waals surface area contributed by atoms with Gasteiger partial charge < -0.3 is 14.4 Å². The molecular formula is C30H38Cl3N3O3. The fourth-order valence-electron chi connectivity index (χ4n) is 6.04. The van der Waals surface area contributed by atoms with Gasteiger partial charge in [-0.15, -0.1) is 0 Å². The summed E-state index contributed by atoms with van der Waals surface area (Å²) >= 11 is 19.0. The number of likely N-dealkylation sites (tertiary alicyclic amines) is 2. The largest absolute Gasteiger partial charge is 0.492 e. The van der Waals surface area contributed by atoms with E-state index in [1.807, 2.05) is 29.2 Å². The molecule has 39 heavy (non-hydrogen) atoms. The van der Waals surface area contributed by atoms with Gasteiger partial charge in [-0.25, -0.2) is 0 Å². The monoisotopic (exact) mass is 593 g/mol. The average molecular weight is 595 g/mol. The van der Waals surface area contributed by atoms with Crippen LogP contribution in [0.2, 0.25) is 15.1 Å². The highest BCUT2D eigenvalue weighted by molar-refractivity contribution is 6.35. The molecule has 0 spiro atoms. The summed E-state index contributed by atoms with van der Waals surface area (Å²) in [6.07, 6.45) is 4.90. The maximum Gasteiger partial charge on any atom is 0.240 e. The van der Waals surface area contributed by atoms with Crippen molar-refractivity contribution in [3.8, 4) is 5.75 Å². The first-order valence-corrected chi connectivity index (χ1v) is 15.3. The standard InChI is InChI=1S/C30H38Cl3N3O3/c31-24-4-3-23(27(33)20-24)19-28(35-14-16-38-17-15-35)30(37)36-11-7-22(8-12-36)26-6-5-25(32)21-29(26)39-18-13-34-9-1-2-10-34/h3-6,20-22,28H,1-2,7-19H2/t28-/m1/s1. The SMILES string of the molecule is O=C([C@@H](Cc1ccc(Cl)cc1Cl)N1CCOCC1)N1CCC(c2ccc(Cl)cc2OCCN2CCCC2)CC1. The molecule has 0 aliphatic carbocycles. The molecule has 3 fully saturated rings. The van der Waals surface area contributed by atoms with E-state index >= 15 is 0 Å². The third-order valence-corrected chi connectivity index (χ3v) is 9.11. The summed E-state index contributed by atoms with van der Waals surface area (Å²) in [7, 11) is 0. The molecule has 0 N–H and O–H groups in total. The van der Waals surface area contributed by atoms with Crippen LogP contribution in [-0.2, 0) is 16.0 Å². The quantitative estimate of drug-likeness (QED) is 0.369. The molecule has 3 heterocycles. The number of rotatable bonds is 9.